The van der Waals surface area contributed by atoms with Gasteiger partial charge in [0.2, 0.25) is 11.1 Å². The number of nitrogens with one attached hydrogen (secondary N) is 1. The Morgan fingerprint density at radius 3 is 2.81 bits per heavy atom. The average molecular weight is 327 g/mol. The topological polar surface area (TPSA) is 107 Å². The highest BCUT2D eigenvalue weighted by Crippen LogP contribution is 2.17. The molecule has 1 N–H and O–H groups in total. The predicted molar refractivity (Wildman–Crippen MR) is 77.7 cm³/mol. The minimum atomic E-state index is -3.30. The Morgan fingerprint density at radius 2 is 2.19 bits per heavy atom. The van der Waals surface area contributed by atoms with Crippen molar-refractivity contribution in [3.8, 4) is 0 Å². The summed E-state index contributed by atoms with van der Waals surface area (Å²) < 4.78 is 24.4. The lowest BCUT2D eigenvalue weighted by molar-refractivity contribution is -0.113. The molecular formula is C11H13N5O3S2. The van der Waals surface area contributed by atoms with E-state index >= 15 is 0 Å². The zero-order valence-corrected chi connectivity index (χ0v) is 13.0. The number of nitrogens with zero attached hydrogens (tertiary/aromatic N) is 4. The minimum absolute atomic E-state index is 0.122. The molecule has 1 heterocycles. The Bertz CT molecular complexity index is 757. The van der Waals surface area contributed by atoms with Gasteiger partial charge in [-0.05, 0) is 28.6 Å². The van der Waals surface area contributed by atoms with Crippen molar-refractivity contribution in [1.29, 1.82) is 0 Å². The maximum Gasteiger partial charge on any atom is 0.234 e. The van der Waals surface area contributed by atoms with Gasteiger partial charge in [-0.1, -0.05) is 17.8 Å². The first-order chi connectivity index (χ1) is 9.86. The molecule has 0 fully saturated rings. The highest BCUT2D eigenvalue weighted by Gasteiger charge is 2.10. The number of carbonyl (C=O) groups is 1. The summed E-state index contributed by atoms with van der Waals surface area (Å²) in [4.78, 5) is 12.0. The third-order valence-electron chi connectivity index (χ3n) is 2.46. The van der Waals surface area contributed by atoms with Gasteiger partial charge in [0.25, 0.3) is 0 Å². The minimum Gasteiger partial charge on any atom is -0.325 e. The molecule has 2 rings (SSSR count). The van der Waals surface area contributed by atoms with E-state index in [0.717, 1.165) is 6.26 Å². The lowest BCUT2D eigenvalue weighted by atomic mass is 10.3. The molecule has 2 aromatic rings. The number of carbonyl (C=O) groups excluding carboxylic acids is 1. The predicted octanol–water partition coefficient (Wildman–Crippen LogP) is 0.344. The Kier molecular flexibility index (Phi) is 4.58. The highest BCUT2D eigenvalue weighted by molar-refractivity contribution is 7.99. The number of thioether (sulfide) groups is 1. The van der Waals surface area contributed by atoms with Crippen molar-refractivity contribution < 1.29 is 13.2 Å². The van der Waals surface area contributed by atoms with Crippen molar-refractivity contribution >= 4 is 33.2 Å². The Balaban J connectivity index is 1.98. The number of rotatable bonds is 5. The Morgan fingerprint density at radius 1 is 1.43 bits per heavy atom. The number of aromatic nitrogens is 4. The summed E-state index contributed by atoms with van der Waals surface area (Å²) in [6.45, 7) is 0. The number of aryl methyl sites for hydroxylation is 1. The first-order valence-electron chi connectivity index (χ1n) is 5.81. The molecule has 0 aliphatic heterocycles. The molecule has 0 spiro atoms. The fraction of sp³-hybridized carbons (Fsp3) is 0.273. The number of sulfone groups is 1. The average Bonchev–Trinajstić information content (AvgIpc) is 2.81. The Labute approximate surface area is 125 Å². The summed E-state index contributed by atoms with van der Waals surface area (Å²) in [5, 5.41) is 14.0. The Hall–Kier alpha value is -1.94. The SMILES string of the molecule is Cn1nnnc1SCC(=O)Nc1cccc(S(C)(=O)=O)c1. The largest absolute Gasteiger partial charge is 0.325 e. The second kappa shape index (κ2) is 6.22. The van der Waals surface area contributed by atoms with Crippen molar-refractivity contribution in [2.45, 2.75) is 10.1 Å². The molecule has 0 unspecified atom stereocenters. The molecule has 0 aliphatic carbocycles. The molecular weight excluding hydrogens is 314 g/mol. The third-order valence-corrected chi connectivity index (χ3v) is 4.58. The number of anilines is 1. The van der Waals surface area contributed by atoms with Gasteiger partial charge in [0.15, 0.2) is 9.84 Å². The van der Waals surface area contributed by atoms with Gasteiger partial charge in [-0.2, -0.15) is 0 Å². The van der Waals surface area contributed by atoms with Gasteiger partial charge in [0.05, 0.1) is 10.6 Å². The molecule has 0 saturated heterocycles. The van der Waals surface area contributed by atoms with Gasteiger partial charge in [-0.25, -0.2) is 13.1 Å². The van der Waals surface area contributed by atoms with Gasteiger partial charge in [-0.15, -0.1) is 5.10 Å². The number of benzene rings is 1. The van der Waals surface area contributed by atoms with Crippen LogP contribution in [0.1, 0.15) is 0 Å². The lowest BCUT2D eigenvalue weighted by Crippen LogP contribution is -2.14. The number of hydrogen-bond donors (Lipinski definition) is 1. The van der Waals surface area contributed by atoms with Crippen LogP contribution >= 0.6 is 11.8 Å². The quantitative estimate of drug-likeness (QED) is 0.789. The van der Waals surface area contributed by atoms with Crippen LogP contribution in [-0.4, -0.2) is 46.5 Å². The van der Waals surface area contributed by atoms with E-state index in [9.17, 15) is 13.2 Å². The molecule has 10 heteroatoms. The van der Waals surface area contributed by atoms with Crippen LogP contribution in [0, 0.1) is 0 Å². The van der Waals surface area contributed by atoms with Gasteiger partial charge < -0.3 is 5.32 Å². The molecule has 0 saturated carbocycles. The molecule has 0 bridgehead atoms. The number of tetrazole rings is 1. The van der Waals surface area contributed by atoms with Crippen LogP contribution in [-0.2, 0) is 21.7 Å². The monoisotopic (exact) mass is 327 g/mol. The number of hydrogen-bond acceptors (Lipinski definition) is 7. The smallest absolute Gasteiger partial charge is 0.234 e. The van der Waals surface area contributed by atoms with E-state index in [1.54, 1.807) is 19.2 Å². The third kappa shape index (κ3) is 4.26. The van der Waals surface area contributed by atoms with Crippen molar-refractivity contribution in [2.75, 3.05) is 17.3 Å². The summed E-state index contributed by atoms with van der Waals surface area (Å²) in [6, 6.07) is 6.10. The fourth-order valence-electron chi connectivity index (χ4n) is 1.48. The first-order valence-corrected chi connectivity index (χ1v) is 8.69. The van der Waals surface area contributed by atoms with Crippen molar-refractivity contribution in [1.82, 2.24) is 20.2 Å². The van der Waals surface area contributed by atoms with E-state index in [1.807, 2.05) is 0 Å². The van der Waals surface area contributed by atoms with E-state index in [1.165, 1.54) is 28.6 Å². The lowest BCUT2D eigenvalue weighted by Gasteiger charge is -2.06. The normalized spacial score (nSPS) is 11.3. The summed E-state index contributed by atoms with van der Waals surface area (Å²) in [7, 11) is -1.62. The van der Waals surface area contributed by atoms with Gasteiger partial charge in [0, 0.05) is 19.0 Å². The summed E-state index contributed by atoms with van der Waals surface area (Å²) in [5.74, 6) is -0.147. The molecule has 0 aliphatic rings. The van der Waals surface area contributed by atoms with Crippen LogP contribution in [0.15, 0.2) is 34.3 Å². The van der Waals surface area contributed by atoms with E-state index in [-0.39, 0.29) is 16.6 Å². The molecule has 21 heavy (non-hydrogen) atoms. The van der Waals surface area contributed by atoms with Crippen LogP contribution in [0.5, 0.6) is 0 Å². The molecule has 1 amide bonds. The van der Waals surface area contributed by atoms with Crippen LogP contribution in [0.25, 0.3) is 0 Å². The van der Waals surface area contributed by atoms with Crippen molar-refractivity contribution in [2.24, 2.45) is 7.05 Å². The molecule has 1 aromatic heterocycles. The van der Waals surface area contributed by atoms with Crippen molar-refractivity contribution in [3.63, 3.8) is 0 Å². The fourth-order valence-corrected chi connectivity index (χ4v) is 2.79. The molecule has 112 valence electrons. The van der Waals surface area contributed by atoms with Gasteiger partial charge in [-0.3, -0.25) is 4.79 Å². The van der Waals surface area contributed by atoms with Gasteiger partial charge in [0.1, 0.15) is 0 Å². The van der Waals surface area contributed by atoms with E-state index in [0.29, 0.717) is 10.8 Å². The van der Waals surface area contributed by atoms with E-state index in [4.69, 9.17) is 0 Å². The molecule has 8 nitrogen and oxygen atoms in total. The maximum atomic E-state index is 11.8. The van der Waals surface area contributed by atoms with E-state index < -0.39 is 9.84 Å². The first kappa shape index (κ1) is 15.4. The molecule has 0 atom stereocenters. The van der Waals surface area contributed by atoms with E-state index in [2.05, 4.69) is 20.8 Å². The standard InChI is InChI=1S/C11H13N5O3S2/c1-16-11(13-14-15-16)20-7-10(17)12-8-4-3-5-9(6-8)21(2,18)19/h3-6H,7H2,1-2H3,(H,12,17). The summed E-state index contributed by atoms with van der Waals surface area (Å²) >= 11 is 1.19. The zero-order valence-electron chi connectivity index (χ0n) is 11.3. The van der Waals surface area contributed by atoms with Gasteiger partial charge >= 0.3 is 0 Å². The molecule has 1 aromatic carbocycles. The summed E-state index contributed by atoms with van der Waals surface area (Å²) in [5.41, 5.74) is 0.430. The highest BCUT2D eigenvalue weighted by atomic mass is 32.2. The van der Waals surface area contributed by atoms with Crippen LogP contribution in [0.3, 0.4) is 0 Å². The van der Waals surface area contributed by atoms with Crippen LogP contribution in [0.4, 0.5) is 5.69 Å². The maximum absolute atomic E-state index is 11.8. The second-order valence-corrected chi connectivity index (χ2v) is 7.18. The van der Waals surface area contributed by atoms with Crippen LogP contribution < -0.4 is 5.32 Å². The second-order valence-electron chi connectivity index (χ2n) is 4.22. The molecule has 0 radical (unpaired) electrons. The van der Waals surface area contributed by atoms with Crippen molar-refractivity contribution in [3.05, 3.63) is 24.3 Å². The van der Waals surface area contributed by atoms with Crippen LogP contribution in [0.2, 0.25) is 0 Å². The zero-order chi connectivity index (χ0) is 15.5. The summed E-state index contributed by atoms with van der Waals surface area (Å²) in [6.07, 6.45) is 1.12. The number of amides is 1.